The summed E-state index contributed by atoms with van der Waals surface area (Å²) in [6.07, 6.45) is 2.59. The molecule has 30 heavy (non-hydrogen) atoms. The molecule has 0 aliphatic carbocycles. The third-order valence-corrected chi connectivity index (χ3v) is 4.53. The van der Waals surface area contributed by atoms with E-state index in [1.165, 1.54) is 7.11 Å². The second kappa shape index (κ2) is 11.7. The molecule has 7 heteroatoms. The molecule has 0 aromatic heterocycles. The second-order valence-electron chi connectivity index (χ2n) is 6.69. The Morgan fingerprint density at radius 1 is 1.03 bits per heavy atom. The normalized spacial score (nSPS) is 10.4. The minimum absolute atomic E-state index is 0.0150. The molecule has 0 saturated carbocycles. The number of ketones is 1. The van der Waals surface area contributed by atoms with Gasteiger partial charge in [0.25, 0.3) is 6.47 Å². The quantitative estimate of drug-likeness (QED) is 0.293. The Kier molecular flexibility index (Phi) is 9.00. The molecule has 2 aromatic rings. The maximum atomic E-state index is 12.0. The van der Waals surface area contributed by atoms with Crippen LogP contribution in [0.2, 0.25) is 0 Å². The smallest absolute Gasteiger partial charge is 0.298 e. The number of ether oxygens (including phenoxy) is 4. The number of phenols is 1. The zero-order valence-corrected chi connectivity index (χ0v) is 17.6. The zero-order valence-electron chi connectivity index (χ0n) is 17.6. The lowest BCUT2D eigenvalue weighted by atomic mass is 10.0. The molecule has 1 N–H and O–H groups in total. The van der Waals surface area contributed by atoms with E-state index in [2.05, 4.69) is 0 Å². The maximum absolute atomic E-state index is 12.0. The van der Waals surface area contributed by atoms with Crippen LogP contribution in [0.3, 0.4) is 0 Å². The molecule has 2 rings (SSSR count). The number of unbranched alkanes of at least 4 members (excludes halogenated alkanes) is 1. The van der Waals surface area contributed by atoms with Crippen molar-refractivity contribution < 1.29 is 33.6 Å². The highest BCUT2D eigenvalue weighted by Gasteiger charge is 2.15. The van der Waals surface area contributed by atoms with Crippen LogP contribution in [0.5, 0.6) is 28.7 Å². The van der Waals surface area contributed by atoms with Gasteiger partial charge in [-0.2, -0.15) is 0 Å². The van der Waals surface area contributed by atoms with Crippen LogP contribution >= 0.6 is 0 Å². The van der Waals surface area contributed by atoms with E-state index in [-0.39, 0.29) is 11.5 Å². The Balaban J connectivity index is 1.82. The molecular formula is C23H28O7. The average Bonchev–Trinajstić information content (AvgIpc) is 2.74. The standard InChI is InChI=1S/C23H28O7/c1-4-7-19(25)18-9-11-20(16(2)23(18)26)28-12-5-6-13-29-22-14-17(30-15-24)8-10-21(22)27-3/h8-11,14-15,26H,4-7,12-13H2,1-3H3. The lowest BCUT2D eigenvalue weighted by molar-refractivity contribution is -0.120. The van der Waals surface area contributed by atoms with Crippen molar-refractivity contribution in [2.75, 3.05) is 20.3 Å². The van der Waals surface area contributed by atoms with Crippen LogP contribution in [0.25, 0.3) is 0 Å². The molecule has 0 bridgehead atoms. The van der Waals surface area contributed by atoms with Gasteiger partial charge < -0.3 is 24.1 Å². The molecule has 162 valence electrons. The fraction of sp³-hybridized carbons (Fsp3) is 0.391. The van der Waals surface area contributed by atoms with Gasteiger partial charge in [0.15, 0.2) is 17.3 Å². The lowest BCUT2D eigenvalue weighted by Gasteiger charge is -2.13. The van der Waals surface area contributed by atoms with Crippen molar-refractivity contribution in [3.8, 4) is 28.7 Å². The van der Waals surface area contributed by atoms with Crippen molar-refractivity contribution >= 4 is 12.3 Å². The third kappa shape index (κ3) is 6.14. The molecule has 0 atom stereocenters. The Morgan fingerprint density at radius 3 is 2.33 bits per heavy atom. The van der Waals surface area contributed by atoms with E-state index in [1.54, 1.807) is 37.3 Å². The fourth-order valence-electron chi connectivity index (χ4n) is 2.89. The summed E-state index contributed by atoms with van der Waals surface area (Å²) < 4.78 is 21.5. The van der Waals surface area contributed by atoms with Gasteiger partial charge in [0.2, 0.25) is 0 Å². The molecule has 7 nitrogen and oxygen atoms in total. The fourth-order valence-corrected chi connectivity index (χ4v) is 2.89. The summed E-state index contributed by atoms with van der Waals surface area (Å²) in [7, 11) is 1.54. The number of carbonyl (C=O) groups is 2. The number of hydrogen-bond donors (Lipinski definition) is 1. The van der Waals surface area contributed by atoms with Gasteiger partial charge in [-0.05, 0) is 50.5 Å². The predicted octanol–water partition coefficient (Wildman–Crippen LogP) is 4.47. The zero-order chi connectivity index (χ0) is 21.9. The van der Waals surface area contributed by atoms with Crippen molar-refractivity contribution in [1.82, 2.24) is 0 Å². The van der Waals surface area contributed by atoms with Gasteiger partial charge >= 0.3 is 0 Å². The minimum atomic E-state index is -0.0696. The maximum Gasteiger partial charge on any atom is 0.298 e. The second-order valence-corrected chi connectivity index (χ2v) is 6.69. The Hall–Kier alpha value is -3.22. The SMILES string of the molecule is CCCC(=O)c1ccc(OCCCCOc2cc(OC=O)ccc2OC)c(C)c1O. The molecule has 0 fully saturated rings. The monoisotopic (exact) mass is 416 g/mol. The number of carbonyl (C=O) groups excluding carboxylic acids is 2. The summed E-state index contributed by atoms with van der Waals surface area (Å²) >= 11 is 0. The van der Waals surface area contributed by atoms with Crippen LogP contribution < -0.4 is 18.9 Å². The van der Waals surface area contributed by atoms with Crippen molar-refractivity contribution in [3.63, 3.8) is 0 Å². The predicted molar refractivity (Wildman–Crippen MR) is 112 cm³/mol. The van der Waals surface area contributed by atoms with Crippen molar-refractivity contribution in [3.05, 3.63) is 41.5 Å². The average molecular weight is 416 g/mol. The molecular weight excluding hydrogens is 388 g/mol. The first kappa shape index (κ1) is 23.1. The summed E-state index contributed by atoms with van der Waals surface area (Å²) in [5.41, 5.74) is 0.898. The summed E-state index contributed by atoms with van der Waals surface area (Å²) in [5.74, 6) is 1.89. The third-order valence-electron chi connectivity index (χ3n) is 4.53. The van der Waals surface area contributed by atoms with Crippen LogP contribution in [0.1, 0.15) is 48.5 Å². The van der Waals surface area contributed by atoms with Crippen molar-refractivity contribution in [1.29, 1.82) is 0 Å². The van der Waals surface area contributed by atoms with E-state index in [0.717, 1.165) is 19.3 Å². The Labute approximate surface area is 176 Å². The molecule has 0 radical (unpaired) electrons. The number of Topliss-reactive ketones (excluding diaryl/α,β-unsaturated/α-hetero) is 1. The topological polar surface area (TPSA) is 91.3 Å². The Bertz CT molecular complexity index is 861. The highest BCUT2D eigenvalue weighted by atomic mass is 16.5. The van der Waals surface area contributed by atoms with Gasteiger partial charge in [0.05, 0.1) is 25.9 Å². The molecule has 0 aliphatic rings. The highest BCUT2D eigenvalue weighted by molar-refractivity contribution is 5.99. The summed E-state index contributed by atoms with van der Waals surface area (Å²) in [6.45, 7) is 4.89. The minimum Gasteiger partial charge on any atom is -0.507 e. The molecule has 0 aliphatic heterocycles. The van der Waals surface area contributed by atoms with E-state index in [0.29, 0.717) is 60.2 Å². The number of phenolic OH excluding ortho intramolecular Hbond substituents is 1. The first-order valence-electron chi connectivity index (χ1n) is 9.91. The van der Waals surface area contributed by atoms with E-state index in [4.69, 9.17) is 18.9 Å². The summed E-state index contributed by atoms with van der Waals surface area (Å²) in [5, 5.41) is 10.3. The van der Waals surface area contributed by atoms with Crippen molar-refractivity contribution in [2.45, 2.75) is 39.5 Å². The van der Waals surface area contributed by atoms with Gasteiger partial charge in [-0.15, -0.1) is 0 Å². The number of rotatable bonds is 13. The van der Waals surface area contributed by atoms with Gasteiger partial charge in [0.1, 0.15) is 17.2 Å². The van der Waals surface area contributed by atoms with E-state index in [9.17, 15) is 14.7 Å². The molecule has 2 aromatic carbocycles. The van der Waals surface area contributed by atoms with Crippen LogP contribution in [-0.2, 0) is 4.79 Å². The first-order valence-corrected chi connectivity index (χ1v) is 9.91. The number of aromatic hydroxyl groups is 1. The number of methoxy groups -OCH3 is 1. The highest BCUT2D eigenvalue weighted by Crippen LogP contribution is 2.32. The van der Waals surface area contributed by atoms with Crippen LogP contribution in [0, 0.1) is 6.92 Å². The molecule has 0 saturated heterocycles. The van der Waals surface area contributed by atoms with E-state index in [1.807, 2.05) is 6.92 Å². The van der Waals surface area contributed by atoms with E-state index < -0.39 is 0 Å². The molecule has 0 heterocycles. The number of benzene rings is 2. The van der Waals surface area contributed by atoms with Crippen LogP contribution in [0.15, 0.2) is 30.3 Å². The van der Waals surface area contributed by atoms with Crippen LogP contribution in [-0.4, -0.2) is 37.7 Å². The summed E-state index contributed by atoms with van der Waals surface area (Å²) in [4.78, 5) is 22.5. The molecule has 0 amide bonds. The summed E-state index contributed by atoms with van der Waals surface area (Å²) in [6, 6.07) is 8.21. The largest absolute Gasteiger partial charge is 0.507 e. The van der Waals surface area contributed by atoms with Gasteiger partial charge in [0, 0.05) is 18.1 Å². The first-order chi connectivity index (χ1) is 14.5. The number of hydrogen-bond acceptors (Lipinski definition) is 7. The van der Waals surface area contributed by atoms with E-state index >= 15 is 0 Å². The van der Waals surface area contributed by atoms with Gasteiger partial charge in [-0.1, -0.05) is 6.92 Å². The molecule has 0 spiro atoms. The molecule has 0 unspecified atom stereocenters. The Morgan fingerprint density at radius 2 is 1.70 bits per heavy atom. The van der Waals surface area contributed by atoms with Crippen molar-refractivity contribution in [2.24, 2.45) is 0 Å². The van der Waals surface area contributed by atoms with Gasteiger partial charge in [-0.3, -0.25) is 9.59 Å². The van der Waals surface area contributed by atoms with Crippen LogP contribution in [0.4, 0.5) is 0 Å². The lowest BCUT2D eigenvalue weighted by Crippen LogP contribution is -2.05. The van der Waals surface area contributed by atoms with Gasteiger partial charge in [-0.25, -0.2) is 0 Å².